The lowest BCUT2D eigenvalue weighted by Gasteiger charge is -2.08. The van der Waals surface area contributed by atoms with Gasteiger partial charge in [-0.15, -0.1) is 11.3 Å². The van der Waals surface area contributed by atoms with E-state index in [4.69, 9.17) is 16.3 Å². The Bertz CT molecular complexity index is 783. The first-order chi connectivity index (χ1) is 11.7. The highest BCUT2D eigenvalue weighted by molar-refractivity contribution is 7.12. The fraction of sp³-hybridized carbons (Fsp3) is 0.105. The summed E-state index contributed by atoms with van der Waals surface area (Å²) in [6.45, 7) is 0.605. The summed E-state index contributed by atoms with van der Waals surface area (Å²) < 4.78 is 5.74. The molecule has 122 valence electrons. The molecule has 0 atom stereocenters. The lowest BCUT2D eigenvalue weighted by atomic mass is 10.2. The minimum atomic E-state index is 0.167. The quantitative estimate of drug-likeness (QED) is 0.536. The molecule has 0 spiro atoms. The van der Waals surface area contributed by atoms with Gasteiger partial charge in [0, 0.05) is 23.7 Å². The number of nitrogens with one attached hydrogen (secondary N) is 1. The number of ketones is 1. The SMILES string of the molecule is O=C(CCNc1ccc(Oc2ccc(Cl)cc2)cc1)c1cccs1. The van der Waals surface area contributed by atoms with Crippen molar-refractivity contribution >= 4 is 34.4 Å². The summed E-state index contributed by atoms with van der Waals surface area (Å²) in [5.41, 5.74) is 0.956. The smallest absolute Gasteiger partial charge is 0.174 e. The standard InChI is InChI=1S/C19H16ClNO2S/c20-14-3-7-16(8-4-14)23-17-9-5-15(6-10-17)21-12-11-18(22)19-2-1-13-24-19/h1-10,13,21H,11-12H2. The number of rotatable bonds is 7. The van der Waals surface area contributed by atoms with E-state index in [2.05, 4.69) is 5.32 Å². The Hall–Kier alpha value is -2.30. The van der Waals surface area contributed by atoms with E-state index in [9.17, 15) is 4.79 Å². The normalized spacial score (nSPS) is 10.4. The zero-order valence-corrected chi connectivity index (χ0v) is 14.4. The van der Waals surface area contributed by atoms with Gasteiger partial charge < -0.3 is 10.1 Å². The monoisotopic (exact) mass is 357 g/mol. The average Bonchev–Trinajstić information content (AvgIpc) is 3.13. The van der Waals surface area contributed by atoms with E-state index >= 15 is 0 Å². The topological polar surface area (TPSA) is 38.3 Å². The highest BCUT2D eigenvalue weighted by Gasteiger charge is 2.06. The van der Waals surface area contributed by atoms with Crippen molar-refractivity contribution in [2.24, 2.45) is 0 Å². The predicted octanol–water partition coefficient (Wildman–Crippen LogP) is 5.88. The third-order valence-corrected chi connectivity index (χ3v) is 4.54. The number of carbonyl (C=O) groups excluding carboxylic acids is 1. The molecule has 5 heteroatoms. The number of benzene rings is 2. The summed E-state index contributed by atoms with van der Waals surface area (Å²) in [5.74, 6) is 1.65. The lowest BCUT2D eigenvalue weighted by Crippen LogP contribution is -2.07. The van der Waals surface area contributed by atoms with Gasteiger partial charge >= 0.3 is 0 Å². The van der Waals surface area contributed by atoms with E-state index in [0.717, 1.165) is 22.1 Å². The zero-order valence-electron chi connectivity index (χ0n) is 12.9. The second-order valence-electron chi connectivity index (χ2n) is 5.16. The van der Waals surface area contributed by atoms with Crippen LogP contribution < -0.4 is 10.1 Å². The minimum absolute atomic E-state index is 0.167. The summed E-state index contributed by atoms with van der Waals surface area (Å²) in [6.07, 6.45) is 0.476. The molecule has 0 saturated carbocycles. The van der Waals surface area contributed by atoms with Gasteiger partial charge in [-0.05, 0) is 60.0 Å². The number of Topliss-reactive ketones (excluding diaryl/α,β-unsaturated/α-hetero) is 1. The molecule has 0 bridgehead atoms. The maximum Gasteiger partial charge on any atom is 0.174 e. The number of ether oxygens (including phenoxy) is 1. The zero-order chi connectivity index (χ0) is 16.8. The third kappa shape index (κ3) is 4.60. The van der Waals surface area contributed by atoms with Crippen molar-refractivity contribution in [3.63, 3.8) is 0 Å². The number of hydrogen-bond acceptors (Lipinski definition) is 4. The second kappa shape index (κ2) is 7.99. The first kappa shape index (κ1) is 16.6. The molecule has 0 amide bonds. The van der Waals surface area contributed by atoms with E-state index < -0.39 is 0 Å². The van der Waals surface area contributed by atoms with Gasteiger partial charge in [0.2, 0.25) is 0 Å². The van der Waals surface area contributed by atoms with Crippen LogP contribution in [-0.2, 0) is 0 Å². The molecule has 0 saturated heterocycles. The first-order valence-electron chi connectivity index (χ1n) is 7.55. The van der Waals surface area contributed by atoms with Gasteiger partial charge in [-0.2, -0.15) is 0 Å². The van der Waals surface area contributed by atoms with E-state index in [1.54, 1.807) is 12.1 Å². The molecule has 3 rings (SSSR count). The second-order valence-corrected chi connectivity index (χ2v) is 6.54. The van der Waals surface area contributed by atoms with Crippen molar-refractivity contribution in [3.8, 4) is 11.5 Å². The molecule has 2 aromatic carbocycles. The van der Waals surface area contributed by atoms with Gasteiger partial charge in [0.25, 0.3) is 0 Å². The number of hydrogen-bond donors (Lipinski definition) is 1. The minimum Gasteiger partial charge on any atom is -0.457 e. The Morgan fingerprint density at radius 2 is 1.67 bits per heavy atom. The molecule has 0 radical (unpaired) electrons. The summed E-state index contributed by atoms with van der Waals surface area (Å²) >= 11 is 7.33. The van der Waals surface area contributed by atoms with Gasteiger partial charge in [0.15, 0.2) is 5.78 Å². The average molecular weight is 358 g/mol. The Kier molecular flexibility index (Phi) is 5.51. The highest BCUT2D eigenvalue weighted by Crippen LogP contribution is 2.24. The molecular formula is C19H16ClNO2S. The molecule has 1 N–H and O–H groups in total. The maximum absolute atomic E-state index is 11.9. The molecule has 0 aliphatic heterocycles. The Labute approximate surface area is 149 Å². The van der Waals surface area contributed by atoms with Crippen molar-refractivity contribution < 1.29 is 9.53 Å². The summed E-state index contributed by atoms with van der Waals surface area (Å²) in [6, 6.07) is 18.6. The van der Waals surface area contributed by atoms with Crippen LogP contribution in [0.3, 0.4) is 0 Å². The van der Waals surface area contributed by atoms with Crippen LogP contribution in [0.1, 0.15) is 16.1 Å². The fourth-order valence-electron chi connectivity index (χ4n) is 2.16. The molecule has 0 aliphatic carbocycles. The van der Waals surface area contributed by atoms with E-state index in [1.807, 2.05) is 53.9 Å². The number of thiophene rings is 1. The van der Waals surface area contributed by atoms with E-state index in [0.29, 0.717) is 18.0 Å². The van der Waals surface area contributed by atoms with Crippen LogP contribution in [0.15, 0.2) is 66.0 Å². The Morgan fingerprint density at radius 3 is 2.29 bits per heavy atom. The number of carbonyl (C=O) groups is 1. The van der Waals surface area contributed by atoms with Crippen molar-refractivity contribution in [2.75, 3.05) is 11.9 Å². The molecule has 1 heterocycles. The molecular weight excluding hydrogens is 342 g/mol. The van der Waals surface area contributed by atoms with Gasteiger partial charge in [-0.25, -0.2) is 0 Å². The summed E-state index contributed by atoms with van der Waals surface area (Å²) in [5, 5.41) is 5.84. The van der Waals surface area contributed by atoms with Crippen LogP contribution in [0.4, 0.5) is 5.69 Å². The van der Waals surface area contributed by atoms with Crippen LogP contribution in [0.25, 0.3) is 0 Å². The van der Waals surface area contributed by atoms with Crippen LogP contribution in [0, 0.1) is 0 Å². The Balaban J connectivity index is 1.49. The molecule has 1 aromatic heterocycles. The van der Waals surface area contributed by atoms with E-state index in [1.165, 1.54) is 11.3 Å². The third-order valence-electron chi connectivity index (χ3n) is 3.38. The van der Waals surface area contributed by atoms with Gasteiger partial charge in [0.05, 0.1) is 4.88 Å². The molecule has 24 heavy (non-hydrogen) atoms. The van der Waals surface area contributed by atoms with E-state index in [-0.39, 0.29) is 5.78 Å². The van der Waals surface area contributed by atoms with Crippen molar-refractivity contribution in [1.29, 1.82) is 0 Å². The van der Waals surface area contributed by atoms with Gasteiger partial charge in [-0.1, -0.05) is 17.7 Å². The molecule has 3 nitrogen and oxygen atoms in total. The van der Waals surface area contributed by atoms with Crippen molar-refractivity contribution in [2.45, 2.75) is 6.42 Å². The van der Waals surface area contributed by atoms with Gasteiger partial charge in [-0.3, -0.25) is 4.79 Å². The van der Waals surface area contributed by atoms with Crippen molar-refractivity contribution in [3.05, 3.63) is 75.9 Å². The lowest BCUT2D eigenvalue weighted by molar-refractivity contribution is 0.0990. The molecule has 0 aliphatic rings. The number of halogens is 1. The molecule has 0 unspecified atom stereocenters. The number of anilines is 1. The fourth-order valence-corrected chi connectivity index (χ4v) is 2.98. The highest BCUT2D eigenvalue weighted by atomic mass is 35.5. The Morgan fingerprint density at radius 1 is 1.00 bits per heavy atom. The van der Waals surface area contributed by atoms with Crippen LogP contribution >= 0.6 is 22.9 Å². The van der Waals surface area contributed by atoms with Crippen molar-refractivity contribution in [1.82, 2.24) is 0 Å². The molecule has 3 aromatic rings. The predicted molar refractivity (Wildman–Crippen MR) is 99.7 cm³/mol. The summed E-state index contributed by atoms with van der Waals surface area (Å²) in [4.78, 5) is 12.7. The van der Waals surface area contributed by atoms with Crippen LogP contribution in [0.2, 0.25) is 5.02 Å². The first-order valence-corrected chi connectivity index (χ1v) is 8.80. The summed E-state index contributed by atoms with van der Waals surface area (Å²) in [7, 11) is 0. The molecule has 0 fully saturated rings. The van der Waals surface area contributed by atoms with Crippen LogP contribution in [0.5, 0.6) is 11.5 Å². The maximum atomic E-state index is 11.9. The largest absolute Gasteiger partial charge is 0.457 e. The van der Waals surface area contributed by atoms with Crippen LogP contribution in [-0.4, -0.2) is 12.3 Å². The van der Waals surface area contributed by atoms with Gasteiger partial charge in [0.1, 0.15) is 11.5 Å².